The molecule has 2 rings (SSSR count). The van der Waals surface area contributed by atoms with Crippen molar-refractivity contribution in [3.8, 4) is 0 Å². The van der Waals surface area contributed by atoms with E-state index in [-0.39, 0.29) is 0 Å². The van der Waals surface area contributed by atoms with Gasteiger partial charge in [0.2, 0.25) is 0 Å². The first-order valence-electron chi connectivity index (χ1n) is 6.27. The molecule has 0 aromatic heterocycles. The van der Waals surface area contributed by atoms with Crippen LogP contribution in [0.25, 0.3) is 0 Å². The van der Waals surface area contributed by atoms with Crippen LogP contribution < -0.4 is 10.6 Å². The highest BCUT2D eigenvalue weighted by Gasteiger charge is 2.12. The van der Waals surface area contributed by atoms with E-state index in [2.05, 4.69) is 10.6 Å². The summed E-state index contributed by atoms with van der Waals surface area (Å²) in [5.74, 6) is -1.72. The first kappa shape index (κ1) is 14.9. The smallest absolute Gasteiger partial charge is 0.323 e. The number of anilines is 2. The summed E-state index contributed by atoms with van der Waals surface area (Å²) >= 11 is 0. The molecule has 21 heavy (non-hydrogen) atoms. The molecule has 4 nitrogen and oxygen atoms in total. The molecule has 2 amide bonds. The molecule has 1 unspecified atom stereocenters. The third kappa shape index (κ3) is 3.76. The second kappa shape index (κ2) is 6.32. The lowest BCUT2D eigenvalue weighted by molar-refractivity contribution is 0.199. The van der Waals surface area contributed by atoms with Gasteiger partial charge in [0.05, 0.1) is 6.10 Å². The number of halogens is 2. The molecule has 3 N–H and O–H groups in total. The highest BCUT2D eigenvalue weighted by molar-refractivity contribution is 5.99. The summed E-state index contributed by atoms with van der Waals surface area (Å²) in [6, 6.07) is 9.05. The fourth-order valence-electron chi connectivity index (χ4n) is 1.77. The van der Waals surface area contributed by atoms with Crippen LogP contribution in [0.4, 0.5) is 25.0 Å². The summed E-state index contributed by atoms with van der Waals surface area (Å²) in [4.78, 5) is 11.7. The van der Waals surface area contributed by atoms with E-state index in [1.165, 1.54) is 6.07 Å². The molecule has 0 bridgehead atoms. The van der Waals surface area contributed by atoms with Gasteiger partial charge in [0.15, 0.2) is 0 Å². The lowest BCUT2D eigenvalue weighted by Crippen LogP contribution is -2.21. The summed E-state index contributed by atoms with van der Waals surface area (Å²) in [7, 11) is 0. The van der Waals surface area contributed by atoms with Crippen LogP contribution in [0.5, 0.6) is 0 Å². The predicted molar refractivity (Wildman–Crippen MR) is 76.1 cm³/mol. The van der Waals surface area contributed by atoms with Crippen molar-refractivity contribution in [2.24, 2.45) is 0 Å². The number of amides is 2. The number of aliphatic hydroxyl groups is 1. The number of rotatable bonds is 3. The fourth-order valence-corrected chi connectivity index (χ4v) is 1.77. The maximum absolute atomic E-state index is 13.4. The van der Waals surface area contributed by atoms with E-state index in [4.69, 9.17) is 0 Å². The average molecular weight is 292 g/mol. The van der Waals surface area contributed by atoms with Crippen LogP contribution in [0.2, 0.25) is 0 Å². The maximum Gasteiger partial charge on any atom is 0.323 e. The van der Waals surface area contributed by atoms with Crippen LogP contribution in [0, 0.1) is 11.6 Å². The highest BCUT2D eigenvalue weighted by Crippen LogP contribution is 2.20. The molecule has 0 fully saturated rings. The van der Waals surface area contributed by atoms with Crippen LogP contribution in [0.3, 0.4) is 0 Å². The van der Waals surface area contributed by atoms with Gasteiger partial charge in [-0.15, -0.1) is 0 Å². The van der Waals surface area contributed by atoms with Crippen molar-refractivity contribution in [3.05, 3.63) is 59.7 Å². The molecular formula is C15H14F2N2O2. The number of hydrogen-bond acceptors (Lipinski definition) is 2. The minimum absolute atomic E-state index is 0.405. The van der Waals surface area contributed by atoms with Crippen LogP contribution in [0.15, 0.2) is 42.5 Å². The molecule has 2 aromatic rings. The van der Waals surface area contributed by atoms with E-state index in [1.54, 1.807) is 31.2 Å². The zero-order chi connectivity index (χ0) is 15.4. The van der Waals surface area contributed by atoms with Gasteiger partial charge in [0.1, 0.15) is 17.3 Å². The SMILES string of the molecule is CC(O)c1cccc(NC(=O)Nc2c(F)cccc2F)c1. The number of carbonyl (C=O) groups is 1. The average Bonchev–Trinajstić information content (AvgIpc) is 2.43. The Morgan fingerprint density at radius 1 is 1.10 bits per heavy atom. The Hall–Kier alpha value is -2.47. The second-order valence-corrected chi connectivity index (χ2v) is 4.48. The van der Waals surface area contributed by atoms with Gasteiger partial charge >= 0.3 is 6.03 Å². The second-order valence-electron chi connectivity index (χ2n) is 4.48. The summed E-state index contributed by atoms with van der Waals surface area (Å²) in [5, 5.41) is 14.0. The molecule has 110 valence electrons. The maximum atomic E-state index is 13.4. The Balaban J connectivity index is 2.10. The molecule has 2 aromatic carbocycles. The zero-order valence-electron chi connectivity index (χ0n) is 11.2. The predicted octanol–water partition coefficient (Wildman–Crippen LogP) is 3.66. The van der Waals surface area contributed by atoms with Crippen LogP contribution >= 0.6 is 0 Å². The Morgan fingerprint density at radius 2 is 1.71 bits per heavy atom. The Labute approximate surface area is 120 Å². The monoisotopic (exact) mass is 292 g/mol. The minimum Gasteiger partial charge on any atom is -0.389 e. The van der Waals surface area contributed by atoms with E-state index < -0.39 is 29.5 Å². The number of carbonyl (C=O) groups excluding carboxylic acids is 1. The quantitative estimate of drug-likeness (QED) is 0.808. The molecule has 0 heterocycles. The van der Waals surface area contributed by atoms with Crippen LogP contribution in [-0.2, 0) is 0 Å². The number of benzene rings is 2. The van der Waals surface area contributed by atoms with Crippen LogP contribution in [-0.4, -0.2) is 11.1 Å². The number of para-hydroxylation sites is 1. The van der Waals surface area contributed by atoms with Crippen molar-refractivity contribution >= 4 is 17.4 Å². The molecule has 0 aliphatic rings. The van der Waals surface area contributed by atoms with Gasteiger partial charge < -0.3 is 15.7 Å². The normalized spacial score (nSPS) is 11.8. The van der Waals surface area contributed by atoms with E-state index in [0.29, 0.717) is 11.3 Å². The van der Waals surface area contributed by atoms with Gasteiger partial charge in [0, 0.05) is 5.69 Å². The number of nitrogens with one attached hydrogen (secondary N) is 2. The molecule has 0 saturated heterocycles. The Bertz CT molecular complexity index is 640. The standard InChI is InChI=1S/C15H14F2N2O2/c1-9(20)10-4-2-5-11(8-10)18-15(21)19-14-12(16)6-3-7-13(14)17/h2-9,20H,1H3,(H2,18,19,21). The van der Waals surface area contributed by atoms with Crippen molar-refractivity contribution in [1.29, 1.82) is 0 Å². The molecule has 0 aliphatic carbocycles. The minimum atomic E-state index is -0.858. The summed E-state index contributed by atoms with van der Waals surface area (Å²) < 4.78 is 26.8. The largest absolute Gasteiger partial charge is 0.389 e. The highest BCUT2D eigenvalue weighted by atomic mass is 19.1. The fraction of sp³-hybridized carbons (Fsp3) is 0.133. The Kier molecular flexibility index (Phi) is 4.49. The molecular weight excluding hydrogens is 278 g/mol. The molecule has 6 heteroatoms. The van der Waals surface area contributed by atoms with Crippen molar-refractivity contribution in [3.63, 3.8) is 0 Å². The lowest BCUT2D eigenvalue weighted by Gasteiger charge is -2.11. The molecule has 0 aliphatic heterocycles. The van der Waals surface area contributed by atoms with Crippen molar-refractivity contribution in [2.75, 3.05) is 10.6 Å². The van der Waals surface area contributed by atoms with Gasteiger partial charge in [-0.05, 0) is 36.8 Å². The van der Waals surface area contributed by atoms with Gasteiger partial charge in [0.25, 0.3) is 0 Å². The third-order valence-corrected chi connectivity index (χ3v) is 2.83. The summed E-state index contributed by atoms with van der Waals surface area (Å²) in [6.07, 6.45) is -0.682. The van der Waals surface area contributed by atoms with Gasteiger partial charge in [-0.1, -0.05) is 18.2 Å². The van der Waals surface area contributed by atoms with Crippen molar-refractivity contribution < 1.29 is 18.7 Å². The van der Waals surface area contributed by atoms with E-state index in [0.717, 1.165) is 12.1 Å². The summed E-state index contributed by atoms with van der Waals surface area (Å²) in [5.41, 5.74) is 0.509. The van der Waals surface area contributed by atoms with E-state index >= 15 is 0 Å². The van der Waals surface area contributed by atoms with E-state index in [1.807, 2.05) is 0 Å². The lowest BCUT2D eigenvalue weighted by atomic mass is 10.1. The van der Waals surface area contributed by atoms with E-state index in [9.17, 15) is 18.7 Å². The third-order valence-electron chi connectivity index (χ3n) is 2.83. The Morgan fingerprint density at radius 3 is 2.33 bits per heavy atom. The number of urea groups is 1. The van der Waals surface area contributed by atoms with Crippen molar-refractivity contribution in [1.82, 2.24) is 0 Å². The van der Waals surface area contributed by atoms with Gasteiger partial charge in [-0.3, -0.25) is 0 Å². The zero-order valence-corrected chi connectivity index (χ0v) is 11.2. The molecule has 0 saturated carbocycles. The summed E-state index contributed by atoms with van der Waals surface area (Å²) in [6.45, 7) is 1.59. The number of aliphatic hydroxyl groups excluding tert-OH is 1. The molecule has 0 spiro atoms. The number of hydrogen-bond donors (Lipinski definition) is 3. The van der Waals surface area contributed by atoms with Gasteiger partial charge in [-0.2, -0.15) is 0 Å². The first-order valence-corrected chi connectivity index (χ1v) is 6.27. The molecule has 0 radical (unpaired) electrons. The topological polar surface area (TPSA) is 61.4 Å². The van der Waals surface area contributed by atoms with Crippen molar-refractivity contribution in [2.45, 2.75) is 13.0 Å². The van der Waals surface area contributed by atoms with Gasteiger partial charge in [-0.25, -0.2) is 13.6 Å². The molecule has 1 atom stereocenters. The van der Waals surface area contributed by atoms with Crippen LogP contribution in [0.1, 0.15) is 18.6 Å². The first-order chi connectivity index (χ1) is 9.97.